The van der Waals surface area contributed by atoms with E-state index in [0.29, 0.717) is 19.1 Å². The summed E-state index contributed by atoms with van der Waals surface area (Å²) in [6, 6.07) is 8.73. The molecule has 3 heteroatoms. The van der Waals surface area contributed by atoms with Gasteiger partial charge < -0.3 is 10.6 Å². The van der Waals surface area contributed by atoms with Gasteiger partial charge >= 0.3 is 0 Å². The molecule has 0 aliphatic heterocycles. The monoisotopic (exact) mass is 288 g/mol. The smallest absolute Gasteiger partial charge is 0.230 e. The van der Waals surface area contributed by atoms with Gasteiger partial charge in [-0.25, -0.2) is 0 Å². The van der Waals surface area contributed by atoms with E-state index >= 15 is 0 Å². The summed E-state index contributed by atoms with van der Waals surface area (Å²) in [5.41, 5.74) is 8.33. The molecule has 0 spiro atoms. The Kier molecular flexibility index (Phi) is 5.80. The van der Waals surface area contributed by atoms with Crippen LogP contribution in [0.4, 0.5) is 0 Å². The van der Waals surface area contributed by atoms with Gasteiger partial charge in [0.2, 0.25) is 5.91 Å². The Morgan fingerprint density at radius 1 is 1.33 bits per heavy atom. The van der Waals surface area contributed by atoms with Gasteiger partial charge in [-0.3, -0.25) is 4.79 Å². The average Bonchev–Trinajstić information content (AvgIpc) is 2.54. The third-order valence-corrected chi connectivity index (χ3v) is 4.70. The maximum atomic E-state index is 13.1. The first kappa shape index (κ1) is 16.0. The van der Waals surface area contributed by atoms with Crippen molar-refractivity contribution >= 4 is 5.91 Å². The zero-order valence-corrected chi connectivity index (χ0v) is 13.3. The molecule has 1 aromatic carbocycles. The van der Waals surface area contributed by atoms with Crippen molar-refractivity contribution in [3.8, 4) is 0 Å². The van der Waals surface area contributed by atoms with Crippen LogP contribution in [0.5, 0.6) is 0 Å². The van der Waals surface area contributed by atoms with Gasteiger partial charge in [-0.15, -0.1) is 0 Å². The predicted molar refractivity (Wildman–Crippen MR) is 87.3 cm³/mol. The molecule has 1 aliphatic carbocycles. The van der Waals surface area contributed by atoms with Crippen molar-refractivity contribution in [2.24, 2.45) is 5.73 Å². The quantitative estimate of drug-likeness (QED) is 0.874. The Bertz CT molecular complexity index is 468. The number of hydrogen-bond donors (Lipinski definition) is 1. The summed E-state index contributed by atoms with van der Waals surface area (Å²) in [6.07, 6.45) is 5.17. The van der Waals surface area contributed by atoms with E-state index in [0.717, 1.165) is 32.1 Å². The summed E-state index contributed by atoms with van der Waals surface area (Å²) in [6.45, 7) is 5.51. The molecule has 0 saturated carbocycles. The minimum Gasteiger partial charge on any atom is -0.338 e. The summed E-state index contributed by atoms with van der Waals surface area (Å²) in [5.74, 6) is 0.309. The van der Waals surface area contributed by atoms with Crippen LogP contribution in [0.15, 0.2) is 24.3 Å². The number of aryl methyl sites for hydroxylation is 1. The van der Waals surface area contributed by atoms with Crippen LogP contribution in [-0.4, -0.2) is 29.9 Å². The van der Waals surface area contributed by atoms with E-state index in [1.807, 2.05) is 4.90 Å². The van der Waals surface area contributed by atoms with E-state index in [1.165, 1.54) is 11.1 Å². The highest BCUT2D eigenvalue weighted by Gasteiger charge is 2.31. The Hall–Kier alpha value is -1.35. The van der Waals surface area contributed by atoms with Gasteiger partial charge in [0.15, 0.2) is 0 Å². The average molecular weight is 288 g/mol. The van der Waals surface area contributed by atoms with Crippen molar-refractivity contribution < 1.29 is 4.79 Å². The van der Waals surface area contributed by atoms with Gasteiger partial charge in [0, 0.05) is 19.1 Å². The molecule has 1 atom stereocenters. The molecule has 1 amide bonds. The van der Waals surface area contributed by atoms with E-state index in [-0.39, 0.29) is 11.8 Å². The van der Waals surface area contributed by atoms with Crippen molar-refractivity contribution in [2.75, 3.05) is 13.1 Å². The molecule has 0 saturated heterocycles. The van der Waals surface area contributed by atoms with Crippen LogP contribution in [0.3, 0.4) is 0 Å². The zero-order chi connectivity index (χ0) is 15.2. The summed E-state index contributed by atoms with van der Waals surface area (Å²) in [4.78, 5) is 15.1. The lowest BCUT2D eigenvalue weighted by Gasteiger charge is -2.35. The Morgan fingerprint density at radius 2 is 2.05 bits per heavy atom. The maximum Gasteiger partial charge on any atom is 0.230 e. The van der Waals surface area contributed by atoms with E-state index in [4.69, 9.17) is 5.73 Å². The number of amides is 1. The summed E-state index contributed by atoms with van der Waals surface area (Å²) in [7, 11) is 0. The minimum atomic E-state index is 0.0297. The summed E-state index contributed by atoms with van der Waals surface area (Å²) < 4.78 is 0. The van der Waals surface area contributed by atoms with Crippen LogP contribution in [-0.2, 0) is 11.2 Å². The van der Waals surface area contributed by atoms with E-state index in [1.54, 1.807) is 0 Å². The molecule has 2 rings (SSSR count). The molecule has 0 fully saturated rings. The molecule has 21 heavy (non-hydrogen) atoms. The topological polar surface area (TPSA) is 46.3 Å². The molecule has 0 aromatic heterocycles. The van der Waals surface area contributed by atoms with Gasteiger partial charge in [0.25, 0.3) is 0 Å². The van der Waals surface area contributed by atoms with Crippen LogP contribution in [0, 0.1) is 0 Å². The lowest BCUT2D eigenvalue weighted by molar-refractivity contribution is -0.135. The fraction of sp³-hybridized carbons (Fsp3) is 0.611. The van der Waals surface area contributed by atoms with Crippen molar-refractivity contribution in [1.82, 2.24) is 4.90 Å². The highest BCUT2D eigenvalue weighted by atomic mass is 16.2. The van der Waals surface area contributed by atoms with E-state index in [9.17, 15) is 4.79 Å². The molecule has 2 N–H and O–H groups in total. The highest BCUT2D eigenvalue weighted by molar-refractivity contribution is 5.84. The van der Waals surface area contributed by atoms with Crippen molar-refractivity contribution in [2.45, 2.75) is 57.9 Å². The predicted octanol–water partition coefficient (Wildman–Crippen LogP) is 3.08. The molecular formula is C18H28N2O. The first-order chi connectivity index (χ1) is 10.2. The lowest BCUT2D eigenvalue weighted by Crippen LogP contribution is -2.45. The number of fused-ring (bicyclic) bond motifs is 1. The SMILES string of the molecule is CCC(CC)N(CCN)C(=O)C1CCCc2ccccc21. The molecular weight excluding hydrogens is 260 g/mol. The third kappa shape index (κ3) is 3.46. The Balaban J connectivity index is 2.25. The number of carbonyl (C=O) groups excluding carboxylic acids is 1. The van der Waals surface area contributed by atoms with Crippen LogP contribution < -0.4 is 5.73 Å². The van der Waals surface area contributed by atoms with E-state index in [2.05, 4.69) is 38.1 Å². The molecule has 1 aromatic rings. The second-order valence-electron chi connectivity index (χ2n) is 5.93. The fourth-order valence-corrected chi connectivity index (χ4v) is 3.55. The van der Waals surface area contributed by atoms with Crippen molar-refractivity contribution in [3.05, 3.63) is 35.4 Å². The standard InChI is InChI=1S/C18H28N2O/c1-3-15(4-2)20(13-12-19)18(21)17-11-7-9-14-8-5-6-10-16(14)17/h5-6,8,10,15,17H,3-4,7,9,11-13,19H2,1-2H3. The largest absolute Gasteiger partial charge is 0.338 e. The first-order valence-electron chi connectivity index (χ1n) is 8.31. The normalized spacial score (nSPS) is 17.6. The van der Waals surface area contributed by atoms with Crippen molar-refractivity contribution in [1.29, 1.82) is 0 Å². The number of rotatable bonds is 6. The van der Waals surface area contributed by atoms with Gasteiger partial charge in [-0.2, -0.15) is 0 Å². The molecule has 0 bridgehead atoms. The third-order valence-electron chi connectivity index (χ3n) is 4.70. The zero-order valence-electron chi connectivity index (χ0n) is 13.3. The van der Waals surface area contributed by atoms with Gasteiger partial charge in [0.05, 0.1) is 5.92 Å². The second kappa shape index (κ2) is 7.60. The summed E-state index contributed by atoms with van der Waals surface area (Å²) >= 11 is 0. The van der Waals surface area contributed by atoms with Crippen LogP contribution >= 0.6 is 0 Å². The lowest BCUT2D eigenvalue weighted by atomic mass is 9.81. The molecule has 116 valence electrons. The molecule has 0 radical (unpaired) electrons. The number of carbonyl (C=O) groups is 1. The highest BCUT2D eigenvalue weighted by Crippen LogP contribution is 2.33. The molecule has 0 heterocycles. The van der Waals surface area contributed by atoms with Gasteiger partial charge in [0.1, 0.15) is 0 Å². The Morgan fingerprint density at radius 3 is 2.71 bits per heavy atom. The van der Waals surface area contributed by atoms with Crippen LogP contribution in [0.1, 0.15) is 56.6 Å². The molecule has 1 aliphatic rings. The number of nitrogens with two attached hydrogens (primary N) is 1. The molecule has 3 nitrogen and oxygen atoms in total. The van der Waals surface area contributed by atoms with Crippen LogP contribution in [0.25, 0.3) is 0 Å². The van der Waals surface area contributed by atoms with Crippen LogP contribution in [0.2, 0.25) is 0 Å². The fourth-order valence-electron chi connectivity index (χ4n) is 3.55. The Labute approximate surface area is 128 Å². The second-order valence-corrected chi connectivity index (χ2v) is 5.93. The van der Waals surface area contributed by atoms with Gasteiger partial charge in [-0.05, 0) is 43.2 Å². The van der Waals surface area contributed by atoms with Gasteiger partial charge in [-0.1, -0.05) is 38.1 Å². The van der Waals surface area contributed by atoms with E-state index < -0.39 is 0 Å². The number of hydrogen-bond acceptors (Lipinski definition) is 2. The van der Waals surface area contributed by atoms with Crippen molar-refractivity contribution in [3.63, 3.8) is 0 Å². The number of nitrogens with zero attached hydrogens (tertiary/aromatic N) is 1. The first-order valence-corrected chi connectivity index (χ1v) is 8.31. The number of benzene rings is 1. The molecule has 1 unspecified atom stereocenters. The maximum absolute atomic E-state index is 13.1. The summed E-state index contributed by atoms with van der Waals surface area (Å²) in [5, 5.41) is 0. The minimum absolute atomic E-state index is 0.0297.